The van der Waals surface area contributed by atoms with E-state index in [9.17, 15) is 5.11 Å². The first-order valence-corrected chi connectivity index (χ1v) is 11.5. The van der Waals surface area contributed by atoms with Gasteiger partial charge in [0.05, 0.1) is 28.3 Å². The first-order chi connectivity index (χ1) is 15.0. The summed E-state index contributed by atoms with van der Waals surface area (Å²) >= 11 is 1.65. The highest BCUT2D eigenvalue weighted by Gasteiger charge is 2.27. The van der Waals surface area contributed by atoms with Gasteiger partial charge in [0.15, 0.2) is 0 Å². The van der Waals surface area contributed by atoms with Crippen LogP contribution in [0.15, 0.2) is 6.07 Å². The molecule has 0 saturated heterocycles. The molecule has 0 spiro atoms. The summed E-state index contributed by atoms with van der Waals surface area (Å²) in [5.41, 5.74) is 4.66. The third-order valence-corrected chi connectivity index (χ3v) is 6.73. The molecular weight excluding hydrogens is 412 g/mol. The van der Waals surface area contributed by atoms with Crippen LogP contribution in [-0.4, -0.2) is 58.0 Å². The maximum absolute atomic E-state index is 9.53. The molecule has 0 aliphatic heterocycles. The fourth-order valence-corrected chi connectivity index (χ4v) is 5.39. The molecule has 1 saturated carbocycles. The molecule has 166 valence electrons. The Hall–Kier alpha value is -2.36. The molecule has 9 heteroatoms. The molecule has 1 fully saturated rings. The minimum absolute atomic E-state index is 0.237. The van der Waals surface area contributed by atoms with Gasteiger partial charge >= 0.3 is 0 Å². The minimum atomic E-state index is 0.237. The van der Waals surface area contributed by atoms with Crippen molar-refractivity contribution in [2.45, 2.75) is 46.1 Å². The number of aliphatic hydroxyl groups is 1. The molecule has 0 bridgehead atoms. The third kappa shape index (κ3) is 4.78. The number of thiazole rings is 1. The molecule has 3 aromatic heterocycles. The van der Waals surface area contributed by atoms with Gasteiger partial charge in [-0.15, -0.1) is 11.3 Å². The summed E-state index contributed by atoms with van der Waals surface area (Å²) in [5.74, 6) is 1.71. The summed E-state index contributed by atoms with van der Waals surface area (Å²) in [4.78, 5) is 19.0. The molecule has 0 aromatic carbocycles. The van der Waals surface area contributed by atoms with E-state index in [1.807, 2.05) is 20.8 Å². The summed E-state index contributed by atoms with van der Waals surface area (Å²) < 4.78 is 6.25. The van der Waals surface area contributed by atoms with E-state index >= 15 is 0 Å². The number of ether oxygens (including phenoxy) is 1. The summed E-state index contributed by atoms with van der Waals surface area (Å²) in [6.07, 6.45) is 2.98. The summed E-state index contributed by atoms with van der Waals surface area (Å²) in [6.45, 7) is 7.45. The lowest BCUT2D eigenvalue weighted by Gasteiger charge is -2.18. The second kappa shape index (κ2) is 9.42. The summed E-state index contributed by atoms with van der Waals surface area (Å²) in [6, 6.07) is 2.35. The number of aliphatic hydroxyl groups excluding tert-OH is 1. The van der Waals surface area contributed by atoms with Gasteiger partial charge in [-0.3, -0.25) is 4.98 Å². The minimum Gasteiger partial charge on any atom is -0.396 e. The van der Waals surface area contributed by atoms with Gasteiger partial charge in [-0.05, 0) is 52.0 Å². The number of hydrogen-bond acceptors (Lipinski definition) is 9. The van der Waals surface area contributed by atoms with Crippen LogP contribution in [0.1, 0.15) is 36.3 Å². The Kier molecular flexibility index (Phi) is 6.64. The lowest BCUT2D eigenvalue weighted by molar-refractivity contribution is 0.210. The van der Waals surface area contributed by atoms with Crippen molar-refractivity contribution < 1.29 is 9.84 Å². The topological polar surface area (TPSA) is 105 Å². The van der Waals surface area contributed by atoms with E-state index in [4.69, 9.17) is 19.7 Å². The SMILES string of the molecule is COCCNc1nc(C)c(-c2nc3c(C)nc(C)cc3s2)c(NC2CCC(CO)C2)n1. The Bertz CT molecular complexity index is 1070. The van der Waals surface area contributed by atoms with E-state index < -0.39 is 0 Å². The highest BCUT2D eigenvalue weighted by atomic mass is 32.1. The van der Waals surface area contributed by atoms with Crippen LogP contribution < -0.4 is 10.6 Å². The smallest absolute Gasteiger partial charge is 0.224 e. The Morgan fingerprint density at radius 1 is 1.13 bits per heavy atom. The Morgan fingerprint density at radius 2 is 1.97 bits per heavy atom. The van der Waals surface area contributed by atoms with Crippen molar-refractivity contribution in [2.24, 2.45) is 5.92 Å². The first-order valence-electron chi connectivity index (χ1n) is 10.7. The molecular formula is C22H30N6O2S. The molecule has 2 atom stereocenters. The zero-order chi connectivity index (χ0) is 22.0. The first kappa shape index (κ1) is 21.9. The van der Waals surface area contributed by atoms with E-state index in [2.05, 4.69) is 21.7 Å². The van der Waals surface area contributed by atoms with Crippen LogP contribution in [0.5, 0.6) is 0 Å². The highest BCUT2D eigenvalue weighted by Crippen LogP contribution is 2.38. The number of rotatable bonds is 8. The van der Waals surface area contributed by atoms with Crippen LogP contribution >= 0.6 is 11.3 Å². The quantitative estimate of drug-likeness (QED) is 0.454. The number of hydrogen-bond donors (Lipinski definition) is 3. The monoisotopic (exact) mass is 442 g/mol. The highest BCUT2D eigenvalue weighted by molar-refractivity contribution is 7.21. The number of aromatic nitrogens is 4. The molecule has 3 N–H and O–H groups in total. The van der Waals surface area contributed by atoms with E-state index in [0.29, 0.717) is 25.0 Å². The maximum Gasteiger partial charge on any atom is 0.224 e. The van der Waals surface area contributed by atoms with Gasteiger partial charge in [0.1, 0.15) is 16.3 Å². The van der Waals surface area contributed by atoms with Gasteiger partial charge in [-0.2, -0.15) is 4.98 Å². The number of fused-ring (bicyclic) bond motifs is 1. The molecule has 3 aromatic rings. The molecule has 8 nitrogen and oxygen atoms in total. The fraction of sp³-hybridized carbons (Fsp3) is 0.545. The fourth-order valence-electron chi connectivity index (χ4n) is 4.18. The van der Waals surface area contributed by atoms with Crippen LogP contribution in [0.25, 0.3) is 20.8 Å². The average molecular weight is 443 g/mol. The van der Waals surface area contributed by atoms with Crippen LogP contribution in [0, 0.1) is 26.7 Å². The Morgan fingerprint density at radius 3 is 2.71 bits per heavy atom. The van der Waals surface area contributed by atoms with Crippen molar-refractivity contribution in [2.75, 3.05) is 37.5 Å². The molecule has 31 heavy (non-hydrogen) atoms. The van der Waals surface area contributed by atoms with Crippen LogP contribution in [0.4, 0.5) is 11.8 Å². The molecule has 0 radical (unpaired) electrons. The molecule has 0 amide bonds. The van der Waals surface area contributed by atoms with E-state index in [1.54, 1.807) is 18.4 Å². The van der Waals surface area contributed by atoms with Gasteiger partial charge in [0.25, 0.3) is 0 Å². The number of methoxy groups -OCH3 is 1. The zero-order valence-electron chi connectivity index (χ0n) is 18.5. The predicted octanol–water partition coefficient (Wildman–Crippen LogP) is 3.70. The standard InChI is InChI=1S/C22H30N6O2S/c1-12-9-17-19(14(3)24-12)27-21(31-17)18-13(2)25-22(23-7-8-30-4)28-20(18)26-16-6-5-15(10-16)11-29/h9,15-16,29H,5-8,10-11H2,1-4H3,(H2,23,25,26,28). The van der Waals surface area contributed by atoms with Crippen LogP contribution in [-0.2, 0) is 4.74 Å². The van der Waals surface area contributed by atoms with Gasteiger partial charge < -0.3 is 20.5 Å². The maximum atomic E-state index is 9.53. The number of anilines is 2. The van der Waals surface area contributed by atoms with Gasteiger partial charge in [-0.25, -0.2) is 9.97 Å². The number of aryl methyl sites for hydroxylation is 3. The molecule has 3 heterocycles. The predicted molar refractivity (Wildman–Crippen MR) is 125 cm³/mol. The van der Waals surface area contributed by atoms with E-state index in [-0.39, 0.29) is 12.6 Å². The average Bonchev–Trinajstić information content (AvgIpc) is 3.35. The second-order valence-corrected chi connectivity index (χ2v) is 9.22. The number of nitrogens with one attached hydrogen (secondary N) is 2. The van der Waals surface area contributed by atoms with Crippen molar-refractivity contribution in [3.8, 4) is 10.6 Å². The van der Waals surface area contributed by atoms with Crippen molar-refractivity contribution in [1.29, 1.82) is 0 Å². The molecule has 1 aliphatic rings. The largest absolute Gasteiger partial charge is 0.396 e. The molecule has 2 unspecified atom stereocenters. The lowest BCUT2D eigenvalue weighted by atomic mass is 10.1. The summed E-state index contributed by atoms with van der Waals surface area (Å²) in [7, 11) is 1.67. The lowest BCUT2D eigenvalue weighted by Crippen LogP contribution is -2.19. The third-order valence-electron chi connectivity index (χ3n) is 5.71. The van der Waals surface area contributed by atoms with Crippen molar-refractivity contribution in [3.63, 3.8) is 0 Å². The molecule has 1 aliphatic carbocycles. The van der Waals surface area contributed by atoms with E-state index in [0.717, 1.165) is 62.9 Å². The molecule has 4 rings (SSSR count). The van der Waals surface area contributed by atoms with E-state index in [1.165, 1.54) is 0 Å². The Labute approximate surface area is 186 Å². The van der Waals surface area contributed by atoms with Crippen molar-refractivity contribution >= 4 is 33.3 Å². The zero-order valence-corrected chi connectivity index (χ0v) is 19.3. The van der Waals surface area contributed by atoms with Crippen LogP contribution in [0.3, 0.4) is 0 Å². The number of pyridine rings is 1. The van der Waals surface area contributed by atoms with Gasteiger partial charge in [0, 0.05) is 32.0 Å². The number of nitrogens with zero attached hydrogens (tertiary/aromatic N) is 4. The normalized spacial score (nSPS) is 18.6. The van der Waals surface area contributed by atoms with Crippen LogP contribution in [0.2, 0.25) is 0 Å². The van der Waals surface area contributed by atoms with Crippen molar-refractivity contribution in [1.82, 2.24) is 19.9 Å². The second-order valence-electron chi connectivity index (χ2n) is 8.19. The van der Waals surface area contributed by atoms with Gasteiger partial charge in [0.2, 0.25) is 5.95 Å². The van der Waals surface area contributed by atoms with Gasteiger partial charge in [-0.1, -0.05) is 0 Å². The summed E-state index contributed by atoms with van der Waals surface area (Å²) in [5, 5.41) is 17.3. The van der Waals surface area contributed by atoms with Crippen molar-refractivity contribution in [3.05, 3.63) is 23.1 Å². The Balaban J connectivity index is 1.74.